The van der Waals surface area contributed by atoms with E-state index >= 15 is 0 Å². The zero-order chi connectivity index (χ0) is 17.9. The maximum Gasteiger partial charge on any atom is 0.308 e. The van der Waals surface area contributed by atoms with Gasteiger partial charge in [0.15, 0.2) is 0 Å². The van der Waals surface area contributed by atoms with Gasteiger partial charge in [-0.1, -0.05) is 18.9 Å². The van der Waals surface area contributed by atoms with E-state index in [-0.39, 0.29) is 35.4 Å². The molecule has 0 aliphatic carbocycles. The summed E-state index contributed by atoms with van der Waals surface area (Å²) in [5, 5.41) is 9.15. The van der Waals surface area contributed by atoms with Crippen molar-refractivity contribution in [2.75, 3.05) is 19.6 Å². The summed E-state index contributed by atoms with van der Waals surface area (Å²) in [5.74, 6) is 0.0787. The Morgan fingerprint density at radius 2 is 2.12 bits per heavy atom. The summed E-state index contributed by atoms with van der Waals surface area (Å²) in [6.07, 6.45) is 5.04. The highest BCUT2D eigenvalue weighted by Crippen LogP contribution is 2.25. The van der Waals surface area contributed by atoms with E-state index in [0.717, 1.165) is 0 Å². The molecule has 2 rings (SSSR count). The van der Waals surface area contributed by atoms with Gasteiger partial charge in [-0.3, -0.25) is 9.59 Å². The Balaban J connectivity index is 2.22. The van der Waals surface area contributed by atoms with E-state index in [1.807, 2.05) is 0 Å². The van der Waals surface area contributed by atoms with Crippen molar-refractivity contribution >= 4 is 21.9 Å². The number of terminal acetylenes is 1. The van der Waals surface area contributed by atoms with Crippen molar-refractivity contribution in [1.29, 1.82) is 0 Å². The highest BCUT2D eigenvalue weighted by atomic mass is 32.2. The number of hydrogen-bond acceptors (Lipinski definition) is 4. The lowest BCUT2D eigenvalue weighted by atomic mass is 9.99. The zero-order valence-electron chi connectivity index (χ0n) is 13.1. The Hall–Kier alpha value is -2.37. The molecule has 7 nitrogen and oxygen atoms in total. The quantitative estimate of drug-likeness (QED) is 0.748. The molecule has 1 amide bonds. The number of benzene rings is 1. The van der Waals surface area contributed by atoms with Crippen LogP contribution >= 0.6 is 0 Å². The molecule has 2 N–H and O–H groups in total. The summed E-state index contributed by atoms with van der Waals surface area (Å²) in [6.45, 7) is 2.06. The summed E-state index contributed by atoms with van der Waals surface area (Å²) < 4.78 is 26.4. The molecular weight excluding hydrogens is 332 g/mol. The lowest BCUT2D eigenvalue weighted by Gasteiger charge is -2.16. The van der Waals surface area contributed by atoms with Crippen LogP contribution < -0.4 is 4.72 Å². The maximum atomic E-state index is 12.5. The zero-order valence-corrected chi connectivity index (χ0v) is 13.9. The molecule has 0 bridgehead atoms. The Morgan fingerprint density at radius 1 is 1.42 bits per heavy atom. The number of rotatable bonds is 5. The summed E-state index contributed by atoms with van der Waals surface area (Å²) in [7, 11) is -3.79. The fourth-order valence-electron chi connectivity index (χ4n) is 2.65. The Labute approximate surface area is 140 Å². The third-order valence-electron chi connectivity index (χ3n) is 3.97. The summed E-state index contributed by atoms with van der Waals surface area (Å²) >= 11 is 0. The van der Waals surface area contributed by atoms with Crippen LogP contribution in [0.2, 0.25) is 0 Å². The van der Waals surface area contributed by atoms with Gasteiger partial charge in [0.1, 0.15) is 0 Å². The van der Waals surface area contributed by atoms with Gasteiger partial charge in [0, 0.05) is 18.7 Å². The topological polar surface area (TPSA) is 104 Å². The fraction of sp³-hybridized carbons (Fsp3) is 0.375. The predicted molar refractivity (Wildman–Crippen MR) is 86.7 cm³/mol. The molecule has 24 heavy (non-hydrogen) atoms. The average Bonchev–Trinajstić information content (AvgIpc) is 2.94. The smallest absolute Gasteiger partial charge is 0.308 e. The van der Waals surface area contributed by atoms with E-state index < -0.39 is 21.9 Å². The lowest BCUT2D eigenvalue weighted by Crippen LogP contribution is -2.30. The van der Waals surface area contributed by atoms with Crippen molar-refractivity contribution in [3.8, 4) is 12.3 Å². The molecule has 0 aromatic heterocycles. The molecule has 0 radical (unpaired) electrons. The van der Waals surface area contributed by atoms with Gasteiger partial charge in [0.2, 0.25) is 10.0 Å². The van der Waals surface area contributed by atoms with Gasteiger partial charge < -0.3 is 10.0 Å². The molecule has 0 spiro atoms. The molecule has 128 valence electrons. The van der Waals surface area contributed by atoms with Crippen LogP contribution in [-0.2, 0) is 14.8 Å². The molecule has 1 aliphatic rings. The number of likely N-dealkylation sites (tertiary alicyclic amines) is 1. The van der Waals surface area contributed by atoms with Crippen molar-refractivity contribution in [2.24, 2.45) is 11.8 Å². The van der Waals surface area contributed by atoms with Crippen molar-refractivity contribution in [1.82, 2.24) is 9.62 Å². The van der Waals surface area contributed by atoms with Crippen molar-refractivity contribution in [3.05, 3.63) is 29.8 Å². The number of nitrogens with zero attached hydrogens (tertiary/aromatic N) is 1. The van der Waals surface area contributed by atoms with Gasteiger partial charge in [0.05, 0.1) is 17.4 Å². The van der Waals surface area contributed by atoms with Gasteiger partial charge in [-0.05, 0) is 24.1 Å². The van der Waals surface area contributed by atoms with E-state index in [9.17, 15) is 18.0 Å². The average molecular weight is 350 g/mol. The van der Waals surface area contributed by atoms with Gasteiger partial charge in [0.25, 0.3) is 5.91 Å². The number of hydrogen-bond donors (Lipinski definition) is 2. The first-order valence-electron chi connectivity index (χ1n) is 7.31. The molecule has 0 unspecified atom stereocenters. The number of nitrogens with one attached hydrogen (secondary N) is 1. The molecule has 1 aromatic rings. The molecule has 1 heterocycles. The SMILES string of the molecule is C#CCNS(=O)(=O)c1cccc(C(=O)N2C[C@@H](C)[C@H](C(=O)O)C2)c1. The standard InChI is InChI=1S/C16H18N2O5S/c1-3-7-17-24(22,23)13-6-4-5-12(8-13)15(19)18-9-11(2)14(10-18)16(20)21/h1,4-6,8,11,14,17H,7,9-10H2,2H3,(H,20,21)/t11-,14-/m1/s1. The number of carboxylic acids is 1. The summed E-state index contributed by atoms with van der Waals surface area (Å²) in [5.41, 5.74) is 0.192. The third kappa shape index (κ3) is 3.75. The summed E-state index contributed by atoms with van der Waals surface area (Å²) in [6, 6.07) is 5.59. The first-order chi connectivity index (χ1) is 11.3. The van der Waals surface area contributed by atoms with Crippen LogP contribution in [0.5, 0.6) is 0 Å². The van der Waals surface area contributed by atoms with Crippen molar-refractivity contribution in [3.63, 3.8) is 0 Å². The minimum Gasteiger partial charge on any atom is -0.481 e. The normalized spacial score (nSPS) is 20.6. The molecule has 2 atom stereocenters. The van der Waals surface area contributed by atoms with Crippen molar-refractivity contribution in [2.45, 2.75) is 11.8 Å². The monoisotopic (exact) mass is 350 g/mol. The number of carbonyl (C=O) groups excluding carboxylic acids is 1. The largest absolute Gasteiger partial charge is 0.481 e. The second-order valence-corrected chi connectivity index (χ2v) is 7.46. The minimum absolute atomic E-state index is 0.0642. The Kier molecular flexibility index (Phi) is 5.26. The van der Waals surface area contributed by atoms with Crippen LogP contribution in [-0.4, -0.2) is 49.9 Å². The lowest BCUT2D eigenvalue weighted by molar-refractivity contribution is -0.142. The molecule has 0 saturated carbocycles. The molecule has 1 aromatic carbocycles. The summed E-state index contributed by atoms with van der Waals surface area (Å²) in [4.78, 5) is 25.1. The van der Waals surface area contributed by atoms with Crippen LogP contribution in [0.25, 0.3) is 0 Å². The van der Waals surface area contributed by atoms with Gasteiger partial charge in [-0.25, -0.2) is 8.42 Å². The molecular formula is C16H18N2O5S. The second-order valence-electron chi connectivity index (χ2n) is 5.69. The first kappa shape index (κ1) is 18.0. The number of amides is 1. The molecule has 1 aliphatic heterocycles. The van der Waals surface area contributed by atoms with Crippen LogP contribution in [0.15, 0.2) is 29.2 Å². The Bertz CT molecular complexity index is 797. The number of aliphatic carboxylic acids is 1. The van der Waals surface area contributed by atoms with Gasteiger partial charge >= 0.3 is 5.97 Å². The van der Waals surface area contributed by atoms with E-state index in [1.165, 1.54) is 29.2 Å². The highest BCUT2D eigenvalue weighted by Gasteiger charge is 2.37. The predicted octanol–water partition coefficient (Wildman–Crippen LogP) is 0.391. The number of carboxylic acid groups (broad SMARTS) is 1. The highest BCUT2D eigenvalue weighted by molar-refractivity contribution is 7.89. The van der Waals surface area contributed by atoms with E-state index in [2.05, 4.69) is 10.6 Å². The van der Waals surface area contributed by atoms with E-state index in [4.69, 9.17) is 11.5 Å². The van der Waals surface area contributed by atoms with E-state index in [1.54, 1.807) is 6.92 Å². The molecule has 1 saturated heterocycles. The molecule has 8 heteroatoms. The van der Waals surface area contributed by atoms with Crippen molar-refractivity contribution < 1.29 is 23.1 Å². The van der Waals surface area contributed by atoms with Gasteiger partial charge in [-0.2, -0.15) is 4.72 Å². The van der Waals surface area contributed by atoms with Gasteiger partial charge in [-0.15, -0.1) is 6.42 Å². The van der Waals surface area contributed by atoms with Crippen LogP contribution in [0.1, 0.15) is 17.3 Å². The number of sulfonamides is 1. The van der Waals surface area contributed by atoms with Crippen LogP contribution in [0.4, 0.5) is 0 Å². The Morgan fingerprint density at radius 3 is 2.71 bits per heavy atom. The number of carbonyl (C=O) groups is 2. The third-order valence-corrected chi connectivity index (χ3v) is 5.37. The first-order valence-corrected chi connectivity index (χ1v) is 8.80. The second kappa shape index (κ2) is 7.03. The minimum atomic E-state index is -3.79. The maximum absolute atomic E-state index is 12.5. The van der Waals surface area contributed by atoms with Crippen LogP contribution in [0.3, 0.4) is 0 Å². The molecule has 1 fully saturated rings. The fourth-order valence-corrected chi connectivity index (χ4v) is 3.63. The van der Waals surface area contributed by atoms with Crippen LogP contribution in [0, 0.1) is 24.2 Å². The van der Waals surface area contributed by atoms with E-state index in [0.29, 0.717) is 6.54 Å².